The summed E-state index contributed by atoms with van der Waals surface area (Å²) in [4.78, 5) is 16.5. The van der Waals surface area contributed by atoms with E-state index in [9.17, 15) is 4.79 Å². The van der Waals surface area contributed by atoms with Crippen molar-refractivity contribution in [2.45, 2.75) is 44.8 Å². The summed E-state index contributed by atoms with van der Waals surface area (Å²) < 4.78 is 5.50. The van der Waals surface area contributed by atoms with Crippen LogP contribution < -0.4 is 10.2 Å². The third kappa shape index (κ3) is 3.44. The number of benzene rings is 1. The van der Waals surface area contributed by atoms with E-state index in [0.717, 1.165) is 39.1 Å². The molecular formula is C18H27N3O2. The molecule has 23 heavy (non-hydrogen) atoms. The number of nitrogens with one attached hydrogen (secondary N) is 1. The molecule has 126 valence electrons. The first-order valence-corrected chi connectivity index (χ1v) is 8.41. The van der Waals surface area contributed by atoms with E-state index in [0.29, 0.717) is 0 Å². The second-order valence-corrected chi connectivity index (χ2v) is 7.54. The number of carbonyl (C=O) groups excluding carboxylic acids is 1. The SMILES string of the molecule is CC(C)(C)OC(=O)N1CCC2(CC1)CNCN2c1ccccc1. The van der Waals surface area contributed by atoms with Crippen LogP contribution in [0.2, 0.25) is 0 Å². The maximum absolute atomic E-state index is 12.2. The van der Waals surface area contributed by atoms with Gasteiger partial charge in [0, 0.05) is 25.3 Å². The number of hydrogen-bond donors (Lipinski definition) is 1. The Morgan fingerprint density at radius 2 is 1.83 bits per heavy atom. The molecule has 2 heterocycles. The van der Waals surface area contributed by atoms with Crippen LogP contribution in [0.5, 0.6) is 0 Å². The zero-order valence-corrected chi connectivity index (χ0v) is 14.3. The van der Waals surface area contributed by atoms with Gasteiger partial charge in [0.05, 0.1) is 12.2 Å². The Kier molecular flexibility index (Phi) is 4.23. The number of piperidine rings is 1. The highest BCUT2D eigenvalue weighted by atomic mass is 16.6. The van der Waals surface area contributed by atoms with E-state index >= 15 is 0 Å². The normalized spacial score (nSPS) is 20.8. The second-order valence-electron chi connectivity index (χ2n) is 7.54. The van der Waals surface area contributed by atoms with Crippen LogP contribution in [0, 0.1) is 0 Å². The summed E-state index contributed by atoms with van der Waals surface area (Å²) >= 11 is 0. The molecule has 0 aliphatic carbocycles. The molecule has 1 spiro atoms. The van der Waals surface area contributed by atoms with Gasteiger partial charge in [-0.05, 0) is 45.7 Å². The topological polar surface area (TPSA) is 44.8 Å². The van der Waals surface area contributed by atoms with Crippen molar-refractivity contribution < 1.29 is 9.53 Å². The first-order chi connectivity index (χ1) is 10.9. The van der Waals surface area contributed by atoms with Crippen molar-refractivity contribution in [3.8, 4) is 0 Å². The number of ether oxygens (including phenoxy) is 1. The maximum Gasteiger partial charge on any atom is 0.410 e. The molecule has 0 bridgehead atoms. The van der Waals surface area contributed by atoms with E-state index in [-0.39, 0.29) is 11.6 Å². The maximum atomic E-state index is 12.2. The average Bonchev–Trinajstić information content (AvgIpc) is 2.90. The number of hydrogen-bond acceptors (Lipinski definition) is 4. The van der Waals surface area contributed by atoms with Crippen molar-refractivity contribution in [2.75, 3.05) is 31.2 Å². The Morgan fingerprint density at radius 1 is 1.17 bits per heavy atom. The number of anilines is 1. The Morgan fingerprint density at radius 3 is 2.43 bits per heavy atom. The van der Waals surface area contributed by atoms with Crippen LogP contribution >= 0.6 is 0 Å². The predicted octanol–water partition coefficient (Wildman–Crippen LogP) is 2.82. The number of nitrogens with zero attached hydrogens (tertiary/aromatic N) is 2. The van der Waals surface area contributed by atoms with Gasteiger partial charge in [-0.1, -0.05) is 18.2 Å². The van der Waals surface area contributed by atoms with Gasteiger partial charge in [0.25, 0.3) is 0 Å². The molecule has 5 heteroatoms. The third-order valence-corrected chi connectivity index (χ3v) is 4.71. The van der Waals surface area contributed by atoms with Crippen molar-refractivity contribution in [3.63, 3.8) is 0 Å². The largest absolute Gasteiger partial charge is 0.444 e. The number of carbonyl (C=O) groups is 1. The molecule has 1 amide bonds. The molecule has 0 atom stereocenters. The van der Waals surface area contributed by atoms with Crippen LogP contribution in [0.1, 0.15) is 33.6 Å². The van der Waals surface area contributed by atoms with Crippen LogP contribution in [0.4, 0.5) is 10.5 Å². The van der Waals surface area contributed by atoms with Crippen molar-refractivity contribution in [2.24, 2.45) is 0 Å². The summed E-state index contributed by atoms with van der Waals surface area (Å²) in [6.07, 6.45) is 1.74. The van der Waals surface area contributed by atoms with Crippen molar-refractivity contribution in [1.29, 1.82) is 0 Å². The quantitative estimate of drug-likeness (QED) is 0.865. The Bertz CT molecular complexity index is 545. The van der Waals surface area contributed by atoms with Gasteiger partial charge in [-0.25, -0.2) is 4.79 Å². The number of para-hydroxylation sites is 1. The molecule has 1 N–H and O–H groups in total. The Balaban J connectivity index is 1.66. The van der Waals surface area contributed by atoms with Gasteiger partial charge < -0.3 is 14.5 Å². The van der Waals surface area contributed by atoms with Crippen LogP contribution in [0.15, 0.2) is 30.3 Å². The first-order valence-electron chi connectivity index (χ1n) is 8.41. The van der Waals surface area contributed by atoms with Crippen LogP contribution in [-0.4, -0.2) is 48.4 Å². The Hall–Kier alpha value is -1.75. The second kappa shape index (κ2) is 6.04. The molecule has 2 aliphatic rings. The molecule has 0 aromatic heterocycles. The predicted molar refractivity (Wildman–Crippen MR) is 91.6 cm³/mol. The molecule has 2 aliphatic heterocycles. The molecule has 2 saturated heterocycles. The molecule has 1 aromatic rings. The van der Waals surface area contributed by atoms with Crippen molar-refractivity contribution >= 4 is 11.8 Å². The van der Waals surface area contributed by atoms with Gasteiger partial charge in [0.1, 0.15) is 5.60 Å². The van der Waals surface area contributed by atoms with E-state index in [1.807, 2.05) is 31.7 Å². The van der Waals surface area contributed by atoms with E-state index in [1.54, 1.807) is 0 Å². The summed E-state index contributed by atoms with van der Waals surface area (Å²) in [5.41, 5.74) is 0.931. The molecular weight excluding hydrogens is 290 g/mol. The minimum absolute atomic E-state index is 0.111. The number of rotatable bonds is 1. The smallest absolute Gasteiger partial charge is 0.410 e. The van der Waals surface area contributed by atoms with Crippen LogP contribution in [0.3, 0.4) is 0 Å². The van der Waals surface area contributed by atoms with Gasteiger partial charge in [0.15, 0.2) is 0 Å². The van der Waals surface area contributed by atoms with E-state index in [2.05, 4.69) is 34.5 Å². The van der Waals surface area contributed by atoms with Crippen LogP contribution in [-0.2, 0) is 4.74 Å². The zero-order valence-electron chi connectivity index (χ0n) is 14.3. The molecule has 0 unspecified atom stereocenters. The standard InChI is InChI=1S/C18H27N3O2/c1-17(2,3)23-16(22)20-11-9-18(10-12-20)13-19-14-21(18)15-7-5-4-6-8-15/h4-8,19H,9-14H2,1-3H3. The van der Waals surface area contributed by atoms with Crippen molar-refractivity contribution in [3.05, 3.63) is 30.3 Å². The van der Waals surface area contributed by atoms with Crippen LogP contribution in [0.25, 0.3) is 0 Å². The highest BCUT2D eigenvalue weighted by Crippen LogP contribution is 2.35. The number of amides is 1. The van der Waals surface area contributed by atoms with E-state index in [4.69, 9.17) is 4.74 Å². The zero-order chi connectivity index (χ0) is 16.5. The molecule has 1 aromatic carbocycles. The lowest BCUT2D eigenvalue weighted by Crippen LogP contribution is -2.55. The lowest BCUT2D eigenvalue weighted by Gasteiger charge is -2.45. The summed E-state index contributed by atoms with van der Waals surface area (Å²) in [6.45, 7) is 9.08. The fourth-order valence-electron chi connectivity index (χ4n) is 3.52. The minimum Gasteiger partial charge on any atom is -0.444 e. The summed E-state index contributed by atoms with van der Waals surface area (Å²) in [5, 5.41) is 3.50. The van der Waals surface area contributed by atoms with E-state index in [1.165, 1.54) is 5.69 Å². The first kappa shape index (κ1) is 16.1. The Labute approximate surface area is 138 Å². The summed E-state index contributed by atoms with van der Waals surface area (Å²) in [6, 6.07) is 10.5. The van der Waals surface area contributed by atoms with Gasteiger partial charge in [-0.3, -0.25) is 5.32 Å². The number of likely N-dealkylation sites (tertiary alicyclic amines) is 1. The highest BCUT2D eigenvalue weighted by molar-refractivity contribution is 5.68. The minimum atomic E-state index is -0.433. The lowest BCUT2D eigenvalue weighted by atomic mass is 9.86. The molecule has 3 rings (SSSR count). The van der Waals surface area contributed by atoms with Gasteiger partial charge in [-0.15, -0.1) is 0 Å². The monoisotopic (exact) mass is 317 g/mol. The average molecular weight is 317 g/mol. The third-order valence-electron chi connectivity index (χ3n) is 4.71. The van der Waals surface area contributed by atoms with Gasteiger partial charge >= 0.3 is 6.09 Å². The lowest BCUT2D eigenvalue weighted by molar-refractivity contribution is 0.0175. The fraction of sp³-hybridized carbons (Fsp3) is 0.611. The van der Waals surface area contributed by atoms with E-state index < -0.39 is 5.60 Å². The summed E-state index contributed by atoms with van der Waals surface area (Å²) in [7, 11) is 0. The van der Waals surface area contributed by atoms with Gasteiger partial charge in [-0.2, -0.15) is 0 Å². The summed E-state index contributed by atoms with van der Waals surface area (Å²) in [5.74, 6) is 0. The molecule has 5 nitrogen and oxygen atoms in total. The van der Waals surface area contributed by atoms with Gasteiger partial charge in [0.2, 0.25) is 0 Å². The molecule has 2 fully saturated rings. The van der Waals surface area contributed by atoms with Crippen molar-refractivity contribution in [1.82, 2.24) is 10.2 Å². The fourth-order valence-corrected chi connectivity index (χ4v) is 3.52. The molecule has 0 saturated carbocycles. The molecule has 0 radical (unpaired) electrons. The highest BCUT2D eigenvalue weighted by Gasteiger charge is 2.44.